The topological polar surface area (TPSA) is 68.3 Å². The van der Waals surface area contributed by atoms with Crippen LogP contribution in [0.25, 0.3) is 0 Å². The number of aryl methyl sites for hydroxylation is 2. The quantitative estimate of drug-likeness (QED) is 0.352. The lowest BCUT2D eigenvalue weighted by Gasteiger charge is -2.39. The van der Waals surface area contributed by atoms with Crippen molar-refractivity contribution in [2.45, 2.75) is 85.5 Å². The Labute approximate surface area is 179 Å². The van der Waals surface area contributed by atoms with Crippen molar-refractivity contribution in [1.29, 1.82) is 0 Å². The highest BCUT2D eigenvalue weighted by Gasteiger charge is 2.45. The molecule has 4 nitrogen and oxygen atoms in total. The third kappa shape index (κ3) is 5.33. The second-order valence-electron chi connectivity index (χ2n) is 8.70. The van der Waals surface area contributed by atoms with Gasteiger partial charge in [-0.25, -0.2) is 0 Å². The van der Waals surface area contributed by atoms with Crippen molar-refractivity contribution in [3.05, 3.63) is 34.4 Å². The van der Waals surface area contributed by atoms with Gasteiger partial charge < -0.3 is 0 Å². The molecule has 0 aromatic heterocycles. The Kier molecular flexibility index (Phi) is 7.89. The Morgan fingerprint density at radius 3 is 2.10 bits per heavy atom. The van der Waals surface area contributed by atoms with Crippen molar-refractivity contribution in [2.75, 3.05) is 0 Å². The van der Waals surface area contributed by atoms with Gasteiger partial charge in [-0.1, -0.05) is 19.3 Å². The molecule has 0 bridgehead atoms. The maximum absolute atomic E-state index is 13.2. The van der Waals surface area contributed by atoms with Crippen LogP contribution in [0.3, 0.4) is 0 Å². The molecule has 1 saturated carbocycles. The van der Waals surface area contributed by atoms with Crippen molar-refractivity contribution in [3.63, 3.8) is 0 Å². The normalized spacial score (nSPS) is 21.2. The summed E-state index contributed by atoms with van der Waals surface area (Å²) in [5.74, 6) is 4.34. The van der Waals surface area contributed by atoms with Crippen molar-refractivity contribution >= 4 is 23.1 Å². The predicted octanol–water partition coefficient (Wildman–Crippen LogP) is 4.81. The Hall–Kier alpha value is -2.54. The van der Waals surface area contributed by atoms with Crippen LogP contribution >= 0.6 is 0 Å². The summed E-state index contributed by atoms with van der Waals surface area (Å²) in [4.78, 5) is 49.4. The van der Waals surface area contributed by atoms with E-state index in [1.165, 1.54) is 6.92 Å². The summed E-state index contributed by atoms with van der Waals surface area (Å²) in [5, 5.41) is 0. The fraction of sp³-hybridized carbons (Fsp3) is 0.538. The maximum atomic E-state index is 13.2. The van der Waals surface area contributed by atoms with Crippen molar-refractivity contribution in [2.24, 2.45) is 5.41 Å². The molecule has 0 heterocycles. The summed E-state index contributed by atoms with van der Waals surface area (Å²) in [7, 11) is 0. The van der Waals surface area contributed by atoms with E-state index in [0.717, 1.165) is 35.1 Å². The molecule has 0 aliphatic heterocycles. The lowest BCUT2D eigenvalue weighted by Crippen LogP contribution is -2.40. The minimum absolute atomic E-state index is 0.0295. The lowest BCUT2D eigenvalue weighted by atomic mass is 9.63. The molecule has 1 aromatic carbocycles. The van der Waals surface area contributed by atoms with E-state index in [1.54, 1.807) is 6.92 Å². The van der Waals surface area contributed by atoms with E-state index in [2.05, 4.69) is 11.8 Å². The molecule has 0 spiro atoms. The Bertz CT molecular complexity index is 885. The van der Waals surface area contributed by atoms with Gasteiger partial charge in [0.15, 0.2) is 11.6 Å². The first-order chi connectivity index (χ1) is 14.1. The van der Waals surface area contributed by atoms with Gasteiger partial charge in [-0.2, -0.15) is 0 Å². The number of ketones is 4. The molecule has 2 rings (SSSR count). The zero-order chi connectivity index (χ0) is 22.5. The highest BCUT2D eigenvalue weighted by atomic mass is 16.2. The SMILES string of the molecule is CC#Cc1cc(C)c(C2C(=O)CC(CCC)(CCCC(=O)C(C)=O)CC2=O)c(C)c1. The Morgan fingerprint density at radius 2 is 1.63 bits per heavy atom. The minimum Gasteiger partial charge on any atom is -0.299 e. The van der Waals surface area contributed by atoms with Gasteiger partial charge in [0.25, 0.3) is 0 Å². The molecule has 0 atom stereocenters. The zero-order valence-corrected chi connectivity index (χ0v) is 18.8. The van der Waals surface area contributed by atoms with Crippen LogP contribution in [0.2, 0.25) is 0 Å². The van der Waals surface area contributed by atoms with Crippen LogP contribution in [-0.4, -0.2) is 23.1 Å². The third-order valence-corrected chi connectivity index (χ3v) is 6.18. The zero-order valence-electron chi connectivity index (χ0n) is 18.8. The first-order valence-electron chi connectivity index (χ1n) is 10.8. The highest BCUT2D eigenvalue weighted by molar-refractivity contribution is 6.36. The van der Waals surface area contributed by atoms with Gasteiger partial charge >= 0.3 is 0 Å². The summed E-state index contributed by atoms with van der Waals surface area (Å²) in [6, 6.07) is 3.89. The molecular weight excluding hydrogens is 376 g/mol. The largest absolute Gasteiger partial charge is 0.299 e. The number of hydrogen-bond donors (Lipinski definition) is 0. The van der Waals surface area contributed by atoms with Gasteiger partial charge in [-0.05, 0) is 74.3 Å². The first-order valence-corrected chi connectivity index (χ1v) is 10.8. The molecule has 0 saturated heterocycles. The Morgan fingerprint density at radius 1 is 1.07 bits per heavy atom. The molecule has 4 heteroatoms. The van der Waals surface area contributed by atoms with Crippen LogP contribution in [0, 0.1) is 31.1 Å². The molecular formula is C26H32O4. The van der Waals surface area contributed by atoms with Gasteiger partial charge in [0.2, 0.25) is 0 Å². The second-order valence-corrected chi connectivity index (χ2v) is 8.70. The van der Waals surface area contributed by atoms with E-state index in [0.29, 0.717) is 25.7 Å². The van der Waals surface area contributed by atoms with Crippen LogP contribution in [0.15, 0.2) is 12.1 Å². The molecule has 160 valence electrons. The van der Waals surface area contributed by atoms with E-state index < -0.39 is 17.1 Å². The summed E-state index contributed by atoms with van der Waals surface area (Å²) >= 11 is 0. The number of carbonyl (C=O) groups is 4. The van der Waals surface area contributed by atoms with Crippen LogP contribution < -0.4 is 0 Å². The fourth-order valence-corrected chi connectivity index (χ4v) is 4.96. The van der Waals surface area contributed by atoms with Gasteiger partial charge in [0.1, 0.15) is 17.5 Å². The van der Waals surface area contributed by atoms with Crippen LogP contribution in [0.4, 0.5) is 0 Å². The van der Waals surface area contributed by atoms with E-state index in [1.807, 2.05) is 32.9 Å². The third-order valence-electron chi connectivity index (χ3n) is 6.18. The smallest absolute Gasteiger partial charge is 0.198 e. The molecule has 0 N–H and O–H groups in total. The molecule has 1 aliphatic carbocycles. The van der Waals surface area contributed by atoms with Gasteiger partial charge in [-0.3, -0.25) is 19.2 Å². The molecule has 0 unspecified atom stereocenters. The Balaban J connectivity index is 2.27. The van der Waals surface area contributed by atoms with Crippen molar-refractivity contribution < 1.29 is 19.2 Å². The molecule has 0 amide bonds. The summed E-state index contributed by atoms with van der Waals surface area (Å²) in [6.07, 6.45) is 3.68. The van der Waals surface area contributed by atoms with Crippen molar-refractivity contribution in [3.8, 4) is 11.8 Å². The summed E-state index contributed by atoms with van der Waals surface area (Å²) in [6.45, 7) is 8.98. The molecule has 1 aliphatic rings. The number of benzene rings is 1. The fourth-order valence-electron chi connectivity index (χ4n) is 4.96. The average Bonchev–Trinajstić information content (AvgIpc) is 2.63. The minimum atomic E-state index is -0.711. The van der Waals surface area contributed by atoms with Crippen molar-refractivity contribution in [1.82, 2.24) is 0 Å². The van der Waals surface area contributed by atoms with E-state index in [4.69, 9.17) is 0 Å². The lowest BCUT2D eigenvalue weighted by molar-refractivity contribution is -0.137. The number of rotatable bonds is 8. The van der Waals surface area contributed by atoms with Crippen LogP contribution in [0.1, 0.15) is 93.9 Å². The predicted molar refractivity (Wildman–Crippen MR) is 117 cm³/mol. The number of carbonyl (C=O) groups excluding carboxylic acids is 4. The molecule has 1 aromatic rings. The number of Topliss-reactive ketones (excluding diaryl/α,β-unsaturated/α-hetero) is 4. The van der Waals surface area contributed by atoms with Gasteiger partial charge in [0, 0.05) is 31.7 Å². The van der Waals surface area contributed by atoms with Gasteiger partial charge in [0.05, 0.1) is 0 Å². The average molecular weight is 409 g/mol. The van der Waals surface area contributed by atoms with E-state index >= 15 is 0 Å². The van der Waals surface area contributed by atoms with Crippen LogP contribution in [-0.2, 0) is 19.2 Å². The summed E-state index contributed by atoms with van der Waals surface area (Å²) < 4.78 is 0. The monoisotopic (exact) mass is 408 g/mol. The van der Waals surface area contributed by atoms with Gasteiger partial charge in [-0.15, -0.1) is 5.92 Å². The molecule has 30 heavy (non-hydrogen) atoms. The van der Waals surface area contributed by atoms with Crippen LogP contribution in [0.5, 0.6) is 0 Å². The standard InChI is InChI=1S/C26H32O4/c1-6-9-20-13-17(3)24(18(4)14-20)25-22(29)15-26(11-7-2,16-23(25)30)12-8-10-21(28)19(5)27/h13-14,25H,7-8,10-12,15-16H2,1-5H3. The first kappa shape index (κ1) is 23.7. The molecule has 0 radical (unpaired) electrons. The highest BCUT2D eigenvalue weighted by Crippen LogP contribution is 2.46. The second kappa shape index (κ2) is 9.98. The summed E-state index contributed by atoms with van der Waals surface area (Å²) in [5.41, 5.74) is 3.17. The molecule has 1 fully saturated rings. The van der Waals surface area contributed by atoms with E-state index in [9.17, 15) is 19.2 Å². The number of hydrogen-bond acceptors (Lipinski definition) is 4. The maximum Gasteiger partial charge on any atom is 0.198 e. The van der Waals surface area contributed by atoms with E-state index in [-0.39, 0.29) is 23.8 Å².